The molecule has 0 aromatic heterocycles. The van der Waals surface area contributed by atoms with Crippen molar-refractivity contribution < 1.29 is 0 Å². The second kappa shape index (κ2) is 5.03. The fraction of sp³-hybridized carbons (Fsp3) is 1.00. The highest BCUT2D eigenvalue weighted by molar-refractivity contribution is 5.00. The van der Waals surface area contributed by atoms with Crippen molar-refractivity contribution in [3.05, 3.63) is 0 Å². The number of likely N-dealkylation sites (tertiary alicyclic amines) is 1. The van der Waals surface area contributed by atoms with Gasteiger partial charge in [0.15, 0.2) is 0 Å². The summed E-state index contributed by atoms with van der Waals surface area (Å²) < 4.78 is 0. The molecule has 1 unspecified atom stereocenters. The largest absolute Gasteiger partial charge is 0.329 e. The Hall–Kier alpha value is -0.120. The van der Waals surface area contributed by atoms with Gasteiger partial charge in [0.2, 0.25) is 0 Å². The van der Waals surface area contributed by atoms with Gasteiger partial charge in [-0.15, -0.1) is 0 Å². The Kier molecular flexibility index (Phi) is 3.88. The number of nitrogens with zero attached hydrogens (tertiary/aromatic N) is 2. The van der Waals surface area contributed by atoms with Crippen LogP contribution < -0.4 is 5.73 Å². The molecule has 0 amide bonds. The molecule has 1 saturated carbocycles. The third-order valence-electron chi connectivity index (χ3n) is 4.48. The number of nitrogens with two attached hydrogens (primary N) is 1. The summed E-state index contributed by atoms with van der Waals surface area (Å²) in [6.07, 6.45) is 8.13. The molecular weight excluding hydrogens is 198 g/mol. The molecule has 1 aliphatic heterocycles. The predicted octanol–water partition coefficient (Wildman–Crippen LogP) is 1.28. The van der Waals surface area contributed by atoms with Gasteiger partial charge in [-0.1, -0.05) is 12.8 Å². The average molecular weight is 225 g/mol. The maximum Gasteiger partial charge on any atom is 0.0335 e. The molecule has 2 aliphatic rings. The third kappa shape index (κ3) is 2.27. The lowest BCUT2D eigenvalue weighted by molar-refractivity contribution is 0.0723. The van der Waals surface area contributed by atoms with Crippen LogP contribution in [0.4, 0.5) is 0 Å². The highest BCUT2D eigenvalue weighted by Gasteiger charge is 2.43. The standard InChI is InChI=1S/C13H27N3/c1-15(2)10-12-6-5-9-16(12)13(11-14)7-3-4-8-13/h12H,3-11,14H2,1-2H3. The summed E-state index contributed by atoms with van der Waals surface area (Å²) in [4.78, 5) is 5.07. The summed E-state index contributed by atoms with van der Waals surface area (Å²) in [6, 6.07) is 0.747. The van der Waals surface area contributed by atoms with Crippen LogP contribution in [0.5, 0.6) is 0 Å². The van der Waals surface area contributed by atoms with E-state index in [-0.39, 0.29) is 0 Å². The van der Waals surface area contributed by atoms with Crippen molar-refractivity contribution in [2.75, 3.05) is 33.7 Å². The molecule has 2 N–H and O–H groups in total. The van der Waals surface area contributed by atoms with Gasteiger partial charge >= 0.3 is 0 Å². The van der Waals surface area contributed by atoms with Crippen molar-refractivity contribution in [3.8, 4) is 0 Å². The summed E-state index contributed by atoms with van der Waals surface area (Å²) >= 11 is 0. The summed E-state index contributed by atoms with van der Waals surface area (Å²) in [5.41, 5.74) is 6.44. The van der Waals surface area contributed by atoms with E-state index in [1.165, 1.54) is 51.6 Å². The molecule has 1 atom stereocenters. The smallest absolute Gasteiger partial charge is 0.0335 e. The van der Waals surface area contributed by atoms with E-state index < -0.39 is 0 Å². The van der Waals surface area contributed by atoms with Gasteiger partial charge in [0.1, 0.15) is 0 Å². The lowest BCUT2D eigenvalue weighted by Gasteiger charge is -2.42. The van der Waals surface area contributed by atoms with E-state index in [4.69, 9.17) is 5.73 Å². The zero-order valence-corrected chi connectivity index (χ0v) is 10.9. The van der Waals surface area contributed by atoms with Gasteiger partial charge in [-0.3, -0.25) is 4.90 Å². The summed E-state index contributed by atoms with van der Waals surface area (Å²) in [5.74, 6) is 0. The average Bonchev–Trinajstić information content (AvgIpc) is 2.85. The van der Waals surface area contributed by atoms with Gasteiger partial charge < -0.3 is 10.6 Å². The first-order valence-corrected chi connectivity index (χ1v) is 6.79. The van der Waals surface area contributed by atoms with Crippen molar-refractivity contribution in [2.45, 2.75) is 50.1 Å². The van der Waals surface area contributed by atoms with Gasteiger partial charge in [-0.2, -0.15) is 0 Å². The molecule has 1 heterocycles. The second-order valence-electron chi connectivity index (χ2n) is 5.89. The fourth-order valence-corrected chi connectivity index (χ4v) is 3.71. The molecule has 0 aromatic rings. The van der Waals surface area contributed by atoms with Crippen LogP contribution in [0, 0.1) is 0 Å². The zero-order valence-electron chi connectivity index (χ0n) is 10.9. The molecule has 0 aromatic carbocycles. The Morgan fingerprint density at radius 1 is 1.25 bits per heavy atom. The SMILES string of the molecule is CN(C)CC1CCCN1C1(CN)CCCC1. The number of rotatable bonds is 4. The Morgan fingerprint density at radius 2 is 1.94 bits per heavy atom. The fourth-order valence-electron chi connectivity index (χ4n) is 3.71. The normalized spacial score (nSPS) is 30.4. The number of hydrogen-bond acceptors (Lipinski definition) is 3. The molecule has 3 nitrogen and oxygen atoms in total. The Morgan fingerprint density at radius 3 is 2.50 bits per heavy atom. The molecule has 16 heavy (non-hydrogen) atoms. The maximum absolute atomic E-state index is 6.09. The molecular formula is C13H27N3. The van der Waals surface area contributed by atoms with Crippen LogP contribution in [-0.2, 0) is 0 Å². The zero-order chi connectivity index (χ0) is 11.6. The van der Waals surface area contributed by atoms with Gasteiger partial charge in [0.25, 0.3) is 0 Å². The van der Waals surface area contributed by atoms with Crippen molar-refractivity contribution in [2.24, 2.45) is 5.73 Å². The van der Waals surface area contributed by atoms with Gasteiger partial charge in [0.05, 0.1) is 0 Å². The summed E-state index contributed by atoms with van der Waals surface area (Å²) in [5, 5.41) is 0. The maximum atomic E-state index is 6.09. The Labute approximate surface area is 100.0 Å². The Balaban J connectivity index is 2.05. The predicted molar refractivity (Wildman–Crippen MR) is 68.5 cm³/mol. The second-order valence-corrected chi connectivity index (χ2v) is 5.89. The summed E-state index contributed by atoms with van der Waals surface area (Å²) in [6.45, 7) is 3.33. The van der Waals surface area contributed by atoms with Crippen LogP contribution in [0.2, 0.25) is 0 Å². The van der Waals surface area contributed by atoms with E-state index in [2.05, 4.69) is 23.9 Å². The van der Waals surface area contributed by atoms with Gasteiger partial charge in [-0.05, 0) is 46.3 Å². The molecule has 2 fully saturated rings. The van der Waals surface area contributed by atoms with Crippen molar-refractivity contribution >= 4 is 0 Å². The topological polar surface area (TPSA) is 32.5 Å². The minimum atomic E-state index is 0.358. The van der Waals surface area contributed by atoms with Crippen LogP contribution in [0.25, 0.3) is 0 Å². The molecule has 3 heteroatoms. The minimum absolute atomic E-state index is 0.358. The van der Waals surface area contributed by atoms with Crippen LogP contribution >= 0.6 is 0 Å². The molecule has 94 valence electrons. The molecule has 0 spiro atoms. The van der Waals surface area contributed by atoms with Crippen LogP contribution in [0.3, 0.4) is 0 Å². The van der Waals surface area contributed by atoms with Crippen molar-refractivity contribution in [1.29, 1.82) is 0 Å². The van der Waals surface area contributed by atoms with E-state index in [9.17, 15) is 0 Å². The molecule has 0 radical (unpaired) electrons. The molecule has 1 saturated heterocycles. The first-order valence-electron chi connectivity index (χ1n) is 6.79. The lowest BCUT2D eigenvalue weighted by atomic mass is 9.94. The van der Waals surface area contributed by atoms with E-state index in [0.29, 0.717) is 5.54 Å². The third-order valence-corrected chi connectivity index (χ3v) is 4.48. The van der Waals surface area contributed by atoms with Gasteiger partial charge in [-0.25, -0.2) is 0 Å². The number of hydrogen-bond donors (Lipinski definition) is 1. The van der Waals surface area contributed by atoms with E-state index in [1.807, 2.05) is 0 Å². The lowest BCUT2D eigenvalue weighted by Crippen LogP contribution is -2.55. The molecule has 1 aliphatic carbocycles. The minimum Gasteiger partial charge on any atom is -0.329 e. The van der Waals surface area contributed by atoms with Crippen LogP contribution in [0.1, 0.15) is 38.5 Å². The van der Waals surface area contributed by atoms with Crippen LogP contribution in [-0.4, -0.2) is 55.1 Å². The quantitative estimate of drug-likeness (QED) is 0.782. The first-order chi connectivity index (χ1) is 7.68. The molecule has 0 bridgehead atoms. The molecule has 2 rings (SSSR count). The highest BCUT2D eigenvalue weighted by atomic mass is 15.3. The van der Waals surface area contributed by atoms with E-state index in [1.54, 1.807) is 0 Å². The monoisotopic (exact) mass is 225 g/mol. The first kappa shape index (κ1) is 12.3. The number of likely N-dealkylation sites (N-methyl/N-ethyl adjacent to an activating group) is 1. The van der Waals surface area contributed by atoms with E-state index >= 15 is 0 Å². The summed E-state index contributed by atoms with van der Waals surface area (Å²) in [7, 11) is 4.36. The van der Waals surface area contributed by atoms with Crippen LogP contribution in [0.15, 0.2) is 0 Å². The van der Waals surface area contributed by atoms with Gasteiger partial charge in [0, 0.05) is 24.7 Å². The van der Waals surface area contributed by atoms with E-state index in [0.717, 1.165) is 12.6 Å². The highest BCUT2D eigenvalue weighted by Crippen LogP contribution is 2.38. The van der Waals surface area contributed by atoms with Crippen molar-refractivity contribution in [1.82, 2.24) is 9.80 Å². The Bertz CT molecular complexity index is 221. The van der Waals surface area contributed by atoms with Crippen molar-refractivity contribution in [3.63, 3.8) is 0 Å².